The third-order valence-corrected chi connectivity index (χ3v) is 2.63. The lowest BCUT2D eigenvalue weighted by Crippen LogP contribution is -2.43. The van der Waals surface area contributed by atoms with Gasteiger partial charge < -0.3 is 0 Å². The number of nitriles is 1. The summed E-state index contributed by atoms with van der Waals surface area (Å²) in [5.74, 6) is 0. The van der Waals surface area contributed by atoms with E-state index < -0.39 is 0 Å². The van der Waals surface area contributed by atoms with E-state index in [2.05, 4.69) is 24.8 Å². The minimum Gasteiger partial charge on any atom is -0.285 e. The van der Waals surface area contributed by atoms with Crippen LogP contribution in [0.15, 0.2) is 0 Å². The Balaban J connectivity index is 2.49. The average Bonchev–Trinajstić information content (AvgIpc) is 1.97. The highest BCUT2D eigenvalue weighted by Gasteiger charge is 2.23. The molecule has 62 valence electrons. The van der Waals surface area contributed by atoms with Crippen LogP contribution in [-0.4, -0.2) is 23.5 Å². The Morgan fingerprint density at radius 3 is 2.36 bits per heavy atom. The van der Waals surface area contributed by atoms with Crippen LogP contribution in [0, 0.1) is 11.3 Å². The van der Waals surface area contributed by atoms with Gasteiger partial charge in [-0.1, -0.05) is 6.42 Å². The molecule has 0 unspecified atom stereocenters. The second-order valence-corrected chi connectivity index (χ2v) is 3.46. The molecule has 0 radical (unpaired) electrons. The van der Waals surface area contributed by atoms with Gasteiger partial charge in [0.2, 0.25) is 0 Å². The van der Waals surface area contributed by atoms with E-state index in [0.717, 1.165) is 0 Å². The third kappa shape index (κ3) is 1.94. The highest BCUT2D eigenvalue weighted by Crippen LogP contribution is 2.21. The second kappa shape index (κ2) is 3.73. The van der Waals surface area contributed by atoms with Crippen LogP contribution in [0.25, 0.3) is 0 Å². The summed E-state index contributed by atoms with van der Waals surface area (Å²) < 4.78 is 0. The Bertz CT molecular complexity index is 149. The van der Waals surface area contributed by atoms with Crippen LogP contribution in [0.2, 0.25) is 0 Å². The van der Waals surface area contributed by atoms with Gasteiger partial charge in [0.25, 0.3) is 0 Å². The highest BCUT2D eigenvalue weighted by atomic mass is 15.2. The summed E-state index contributed by atoms with van der Waals surface area (Å²) in [6.45, 7) is 5.03. The quantitative estimate of drug-likeness (QED) is 0.535. The van der Waals surface area contributed by atoms with Crippen LogP contribution in [0.4, 0.5) is 0 Å². The van der Waals surface area contributed by atoms with Gasteiger partial charge in [-0.05, 0) is 26.7 Å². The van der Waals surface area contributed by atoms with Crippen molar-refractivity contribution in [2.45, 2.75) is 45.2 Å². The van der Waals surface area contributed by atoms with Gasteiger partial charge in [-0.15, -0.1) is 0 Å². The summed E-state index contributed by atoms with van der Waals surface area (Å²) >= 11 is 0. The minimum atomic E-state index is 0.600. The maximum absolute atomic E-state index is 8.56. The molecule has 2 nitrogen and oxygen atoms in total. The van der Waals surface area contributed by atoms with Gasteiger partial charge in [-0.2, -0.15) is 5.26 Å². The van der Waals surface area contributed by atoms with Crippen LogP contribution in [0.3, 0.4) is 0 Å². The Hall–Kier alpha value is -0.550. The van der Waals surface area contributed by atoms with E-state index in [1.807, 2.05) is 0 Å². The molecule has 0 aromatic carbocycles. The van der Waals surface area contributed by atoms with Crippen molar-refractivity contribution in [1.82, 2.24) is 4.90 Å². The zero-order valence-corrected chi connectivity index (χ0v) is 7.38. The Morgan fingerprint density at radius 1 is 1.36 bits per heavy atom. The van der Waals surface area contributed by atoms with Crippen LogP contribution in [0.5, 0.6) is 0 Å². The van der Waals surface area contributed by atoms with Gasteiger partial charge in [0.15, 0.2) is 0 Å². The summed E-state index contributed by atoms with van der Waals surface area (Å²) in [6.07, 6.45) is 3.84. The van der Waals surface area contributed by atoms with Crippen LogP contribution in [-0.2, 0) is 0 Å². The van der Waals surface area contributed by atoms with Crippen LogP contribution in [0.1, 0.15) is 33.1 Å². The fourth-order valence-corrected chi connectivity index (χ4v) is 1.87. The van der Waals surface area contributed by atoms with Gasteiger partial charge in [-0.3, -0.25) is 4.90 Å². The third-order valence-electron chi connectivity index (χ3n) is 2.63. The molecule has 1 fully saturated rings. The zero-order valence-electron chi connectivity index (χ0n) is 7.38. The summed E-state index contributed by atoms with van der Waals surface area (Å²) in [5, 5.41) is 8.56. The molecule has 1 aliphatic heterocycles. The molecular weight excluding hydrogens is 136 g/mol. The Morgan fingerprint density at radius 2 is 1.91 bits per heavy atom. The van der Waals surface area contributed by atoms with Crippen molar-refractivity contribution >= 4 is 0 Å². The number of hydrogen-bond donors (Lipinski definition) is 0. The molecule has 0 bridgehead atoms. The monoisotopic (exact) mass is 152 g/mol. The largest absolute Gasteiger partial charge is 0.285 e. The molecule has 1 heterocycles. The minimum absolute atomic E-state index is 0.600. The van der Waals surface area contributed by atoms with Gasteiger partial charge in [-0.25, -0.2) is 0 Å². The summed E-state index contributed by atoms with van der Waals surface area (Å²) in [5.41, 5.74) is 0. The van der Waals surface area contributed by atoms with Crippen molar-refractivity contribution in [3.8, 4) is 6.07 Å². The number of likely N-dealkylation sites (tertiary alicyclic amines) is 1. The molecule has 1 aliphatic rings. The van der Waals surface area contributed by atoms with E-state index >= 15 is 0 Å². The number of piperidine rings is 1. The SMILES string of the molecule is C[C@@H]1CCC[C@H](C)N1CC#N. The van der Waals surface area contributed by atoms with Crippen LogP contribution >= 0.6 is 0 Å². The first-order valence-electron chi connectivity index (χ1n) is 4.38. The first-order chi connectivity index (χ1) is 5.25. The van der Waals surface area contributed by atoms with Crippen molar-refractivity contribution in [1.29, 1.82) is 5.26 Å². The molecule has 1 rings (SSSR count). The van der Waals surface area contributed by atoms with E-state index in [9.17, 15) is 0 Å². The van der Waals surface area contributed by atoms with E-state index in [-0.39, 0.29) is 0 Å². The molecule has 0 spiro atoms. The molecule has 11 heavy (non-hydrogen) atoms. The first kappa shape index (κ1) is 8.55. The lowest BCUT2D eigenvalue weighted by atomic mass is 9.98. The maximum Gasteiger partial charge on any atom is 0.0870 e. The molecule has 2 atom stereocenters. The van der Waals surface area contributed by atoms with E-state index in [1.165, 1.54) is 19.3 Å². The van der Waals surface area contributed by atoms with Crippen molar-refractivity contribution < 1.29 is 0 Å². The zero-order chi connectivity index (χ0) is 8.27. The van der Waals surface area contributed by atoms with E-state index in [4.69, 9.17) is 5.26 Å². The van der Waals surface area contributed by atoms with Crippen molar-refractivity contribution in [3.63, 3.8) is 0 Å². The maximum atomic E-state index is 8.56. The number of rotatable bonds is 1. The van der Waals surface area contributed by atoms with E-state index in [0.29, 0.717) is 18.6 Å². The van der Waals surface area contributed by atoms with Crippen molar-refractivity contribution in [2.75, 3.05) is 6.54 Å². The molecule has 0 aromatic rings. The van der Waals surface area contributed by atoms with Crippen molar-refractivity contribution in [3.05, 3.63) is 0 Å². The van der Waals surface area contributed by atoms with Crippen molar-refractivity contribution in [2.24, 2.45) is 0 Å². The summed E-state index contributed by atoms with van der Waals surface area (Å²) in [6, 6.07) is 3.44. The Kier molecular flexibility index (Phi) is 2.90. The predicted molar refractivity (Wildman–Crippen MR) is 45.1 cm³/mol. The van der Waals surface area contributed by atoms with Gasteiger partial charge in [0, 0.05) is 12.1 Å². The molecule has 0 N–H and O–H groups in total. The number of hydrogen-bond acceptors (Lipinski definition) is 2. The summed E-state index contributed by atoms with van der Waals surface area (Å²) in [4.78, 5) is 2.30. The van der Waals surface area contributed by atoms with Gasteiger partial charge in [0.1, 0.15) is 0 Å². The lowest BCUT2D eigenvalue weighted by molar-refractivity contribution is 0.121. The molecule has 1 saturated heterocycles. The smallest absolute Gasteiger partial charge is 0.0870 e. The predicted octanol–water partition coefficient (Wildman–Crippen LogP) is 1.77. The van der Waals surface area contributed by atoms with Gasteiger partial charge in [0.05, 0.1) is 12.6 Å². The van der Waals surface area contributed by atoms with E-state index in [1.54, 1.807) is 0 Å². The lowest BCUT2D eigenvalue weighted by Gasteiger charge is -2.37. The summed E-state index contributed by atoms with van der Waals surface area (Å²) in [7, 11) is 0. The topological polar surface area (TPSA) is 27.0 Å². The molecule has 0 saturated carbocycles. The highest BCUT2D eigenvalue weighted by molar-refractivity contribution is 4.86. The fraction of sp³-hybridized carbons (Fsp3) is 0.889. The average molecular weight is 152 g/mol. The number of nitrogens with zero attached hydrogens (tertiary/aromatic N) is 2. The fourth-order valence-electron chi connectivity index (χ4n) is 1.87. The first-order valence-corrected chi connectivity index (χ1v) is 4.38. The van der Waals surface area contributed by atoms with Gasteiger partial charge >= 0.3 is 0 Å². The molecule has 0 amide bonds. The standard InChI is InChI=1S/C9H16N2/c1-8-4-3-5-9(2)11(8)7-6-10/h8-9H,3-5,7H2,1-2H3/t8-,9+. The molecular formula is C9H16N2. The normalized spacial score (nSPS) is 33.2. The molecule has 0 aliphatic carbocycles. The Labute approximate surface area is 68.8 Å². The van der Waals surface area contributed by atoms with Crippen LogP contribution < -0.4 is 0 Å². The second-order valence-electron chi connectivity index (χ2n) is 3.46. The molecule has 2 heteroatoms. The molecule has 0 aromatic heterocycles.